The fourth-order valence-corrected chi connectivity index (χ4v) is 3.54. The van der Waals surface area contributed by atoms with Crippen molar-refractivity contribution in [3.8, 4) is 11.3 Å². The summed E-state index contributed by atoms with van der Waals surface area (Å²) in [6.45, 7) is 7.28. The number of halogens is 1. The van der Waals surface area contributed by atoms with Crippen LogP contribution in [0.1, 0.15) is 11.3 Å². The minimum atomic E-state index is -0.693. The number of pyridine rings is 1. The Bertz CT molecular complexity index is 1280. The highest BCUT2D eigenvalue weighted by Crippen LogP contribution is 2.25. The second-order valence-corrected chi connectivity index (χ2v) is 7.94. The monoisotopic (exact) mass is 487 g/mol. The molecule has 11 heteroatoms. The molecular weight excluding hydrogens is 461 g/mol. The lowest BCUT2D eigenvalue weighted by atomic mass is 10.1. The van der Waals surface area contributed by atoms with Gasteiger partial charge in [-0.05, 0) is 55.0 Å². The number of benzene rings is 1. The number of hydrogen-bond acceptors (Lipinski definition) is 7. The lowest BCUT2D eigenvalue weighted by molar-refractivity contribution is 0.0678. The summed E-state index contributed by atoms with van der Waals surface area (Å²) in [6.07, 6.45) is 4.76. The molecule has 0 spiro atoms. The number of nitrogens with zero attached hydrogens (tertiary/aromatic N) is 7. The summed E-state index contributed by atoms with van der Waals surface area (Å²) in [7, 11) is 0. The van der Waals surface area contributed by atoms with Gasteiger partial charge < -0.3 is 20.7 Å². The highest BCUT2D eigenvalue weighted by atomic mass is 19.1. The van der Waals surface area contributed by atoms with Crippen molar-refractivity contribution in [2.24, 2.45) is 20.9 Å². The van der Waals surface area contributed by atoms with Crippen LogP contribution in [0.25, 0.3) is 11.3 Å². The molecular formula is C25H26FN9O. The van der Waals surface area contributed by atoms with Crippen molar-refractivity contribution in [1.82, 2.24) is 20.1 Å². The first-order valence-electron chi connectivity index (χ1n) is 11.2. The van der Waals surface area contributed by atoms with Gasteiger partial charge in [-0.2, -0.15) is 20.3 Å². The largest absolute Gasteiger partial charge is 0.378 e. The van der Waals surface area contributed by atoms with E-state index in [1.165, 1.54) is 6.21 Å². The van der Waals surface area contributed by atoms with E-state index in [4.69, 9.17) is 10.5 Å². The summed E-state index contributed by atoms with van der Waals surface area (Å²) in [6, 6.07) is 13.5. The summed E-state index contributed by atoms with van der Waals surface area (Å²) in [5.41, 5.74) is 10.9. The molecule has 1 aliphatic rings. The molecule has 0 unspecified atom stereocenters. The first kappa shape index (κ1) is 24.6. The van der Waals surface area contributed by atoms with Crippen molar-refractivity contribution in [1.29, 1.82) is 0 Å². The van der Waals surface area contributed by atoms with E-state index in [2.05, 4.69) is 48.3 Å². The Labute approximate surface area is 208 Å². The van der Waals surface area contributed by atoms with E-state index in [1.807, 2.05) is 37.3 Å². The van der Waals surface area contributed by atoms with E-state index in [-0.39, 0.29) is 11.8 Å². The van der Waals surface area contributed by atoms with Gasteiger partial charge in [-0.25, -0.2) is 4.39 Å². The molecule has 2 aromatic heterocycles. The quantitative estimate of drug-likeness (QED) is 0.310. The molecule has 0 radical (unpaired) electrons. The molecule has 36 heavy (non-hydrogen) atoms. The molecule has 0 aliphatic carbocycles. The lowest BCUT2D eigenvalue weighted by Gasteiger charge is -2.28. The van der Waals surface area contributed by atoms with Crippen LogP contribution in [0.5, 0.6) is 0 Å². The first-order valence-corrected chi connectivity index (χ1v) is 11.2. The minimum Gasteiger partial charge on any atom is -0.378 e. The molecule has 0 atom stereocenters. The maximum absolute atomic E-state index is 13.8. The Morgan fingerprint density at radius 1 is 1.19 bits per heavy atom. The Morgan fingerprint density at radius 3 is 2.72 bits per heavy atom. The topological polar surface area (TPSA) is 126 Å². The Hall–Kier alpha value is -4.51. The van der Waals surface area contributed by atoms with E-state index >= 15 is 0 Å². The lowest BCUT2D eigenvalue weighted by Crippen LogP contribution is -2.41. The van der Waals surface area contributed by atoms with E-state index in [0.717, 1.165) is 28.2 Å². The molecule has 184 valence electrons. The van der Waals surface area contributed by atoms with Crippen molar-refractivity contribution in [2.75, 3.05) is 31.6 Å². The number of morpholine rings is 1. The predicted octanol–water partition coefficient (Wildman–Crippen LogP) is 3.45. The van der Waals surface area contributed by atoms with E-state index in [1.54, 1.807) is 23.4 Å². The zero-order chi connectivity index (χ0) is 25.3. The smallest absolute Gasteiger partial charge is 0.242 e. The van der Waals surface area contributed by atoms with Gasteiger partial charge in [0.2, 0.25) is 5.96 Å². The Balaban J connectivity index is 1.41. The van der Waals surface area contributed by atoms with E-state index in [9.17, 15) is 4.39 Å². The third-order valence-electron chi connectivity index (χ3n) is 5.14. The fourth-order valence-electron chi connectivity index (χ4n) is 3.54. The molecule has 3 aromatic rings. The van der Waals surface area contributed by atoms with Crippen molar-refractivity contribution in [3.63, 3.8) is 0 Å². The van der Waals surface area contributed by atoms with Crippen LogP contribution in [0.3, 0.4) is 0 Å². The predicted molar refractivity (Wildman–Crippen MR) is 139 cm³/mol. The Morgan fingerprint density at radius 2 is 2.03 bits per heavy atom. The molecule has 10 nitrogen and oxygen atoms in total. The maximum Gasteiger partial charge on any atom is 0.242 e. The fraction of sp³-hybridized carbons (Fsp3) is 0.200. The number of aryl methyl sites for hydroxylation is 1. The SMILES string of the molecule is C=C(F)C(=NC(N)=N/N=C/c1ccc(Nc2cc(C)cc(-c3cccnn3)c2)cn1)N1CCOCC1. The van der Waals surface area contributed by atoms with Gasteiger partial charge in [0.1, 0.15) is 0 Å². The molecule has 0 amide bonds. The highest BCUT2D eigenvalue weighted by Gasteiger charge is 2.18. The summed E-state index contributed by atoms with van der Waals surface area (Å²) >= 11 is 0. The van der Waals surface area contributed by atoms with Crippen molar-refractivity contribution >= 4 is 29.4 Å². The summed E-state index contributed by atoms with van der Waals surface area (Å²) in [5.74, 6) is -0.855. The zero-order valence-corrected chi connectivity index (χ0v) is 19.8. The number of aromatic nitrogens is 3. The minimum absolute atomic E-state index is 0.0296. The normalized spacial score (nSPS) is 14.8. The third kappa shape index (κ3) is 6.76. The van der Waals surface area contributed by atoms with Gasteiger partial charge in [0.25, 0.3) is 0 Å². The molecule has 1 saturated heterocycles. The molecule has 3 heterocycles. The van der Waals surface area contributed by atoms with Gasteiger partial charge in [-0.3, -0.25) is 4.98 Å². The van der Waals surface area contributed by atoms with Crippen LogP contribution in [-0.2, 0) is 4.74 Å². The van der Waals surface area contributed by atoms with Crippen LogP contribution in [0, 0.1) is 6.92 Å². The van der Waals surface area contributed by atoms with Crippen LogP contribution in [0.4, 0.5) is 15.8 Å². The van der Waals surface area contributed by atoms with Crippen molar-refractivity contribution in [2.45, 2.75) is 6.92 Å². The summed E-state index contributed by atoms with van der Waals surface area (Å²) in [4.78, 5) is 10.1. The standard InChI is InChI=1S/C25H26FN9O/c1-17-12-19(23-4-3-7-29-33-23)14-22(13-17)31-21-6-5-20(28-15-21)16-30-34-25(27)32-24(18(2)26)35-8-10-36-11-9-35/h3-7,12-16,31H,2,8-11H2,1H3,(H2,27,34)/b30-16+,32-24?. The van der Waals surface area contributed by atoms with Crippen molar-refractivity contribution < 1.29 is 9.13 Å². The van der Waals surface area contributed by atoms with Gasteiger partial charge in [0.05, 0.1) is 42.7 Å². The third-order valence-corrected chi connectivity index (χ3v) is 5.14. The van der Waals surface area contributed by atoms with Gasteiger partial charge in [0, 0.05) is 30.5 Å². The number of nitrogens with two attached hydrogens (primary N) is 1. The number of anilines is 2. The highest BCUT2D eigenvalue weighted by molar-refractivity contribution is 6.03. The molecule has 3 N–H and O–H groups in total. The second kappa shape index (κ2) is 11.8. The van der Waals surface area contributed by atoms with E-state index in [0.29, 0.717) is 32.0 Å². The number of amidine groups is 1. The summed E-state index contributed by atoms with van der Waals surface area (Å²) in [5, 5.41) is 19.2. The zero-order valence-electron chi connectivity index (χ0n) is 19.8. The van der Waals surface area contributed by atoms with E-state index < -0.39 is 5.83 Å². The number of guanidine groups is 1. The number of aliphatic imine (C=N–C) groups is 1. The Kier molecular flexibility index (Phi) is 8.04. The van der Waals surface area contributed by atoms with Gasteiger partial charge in [-0.15, -0.1) is 5.10 Å². The number of rotatable bonds is 6. The number of nitrogens with one attached hydrogen (secondary N) is 1. The van der Waals surface area contributed by atoms with Gasteiger partial charge >= 0.3 is 0 Å². The van der Waals surface area contributed by atoms with Gasteiger partial charge in [-0.1, -0.05) is 6.58 Å². The molecule has 0 bridgehead atoms. The van der Waals surface area contributed by atoms with Gasteiger partial charge in [0.15, 0.2) is 11.7 Å². The van der Waals surface area contributed by atoms with Crippen LogP contribution >= 0.6 is 0 Å². The molecule has 4 rings (SSSR count). The maximum atomic E-state index is 13.8. The second-order valence-electron chi connectivity index (χ2n) is 7.94. The molecule has 0 saturated carbocycles. The summed E-state index contributed by atoms with van der Waals surface area (Å²) < 4.78 is 19.1. The first-order chi connectivity index (χ1) is 17.5. The van der Waals surface area contributed by atoms with Crippen LogP contribution in [-0.4, -0.2) is 64.4 Å². The molecule has 1 aromatic carbocycles. The average Bonchev–Trinajstić information content (AvgIpc) is 2.89. The number of ether oxygens (including phenoxy) is 1. The van der Waals surface area contributed by atoms with Crippen molar-refractivity contribution in [3.05, 3.63) is 78.5 Å². The van der Waals surface area contributed by atoms with Crippen LogP contribution in [0.2, 0.25) is 0 Å². The molecule has 1 aliphatic heterocycles. The van der Waals surface area contributed by atoms with Crippen LogP contribution < -0.4 is 11.1 Å². The van der Waals surface area contributed by atoms with Crippen LogP contribution in [0.15, 0.2) is 82.5 Å². The average molecular weight is 488 g/mol. The number of hydrogen-bond donors (Lipinski definition) is 2. The molecule has 1 fully saturated rings.